The first-order valence-electron chi connectivity index (χ1n) is 6.16. The molecule has 3 heteroatoms. The fourth-order valence-corrected chi connectivity index (χ4v) is 2.21. The normalized spacial score (nSPS) is 32.6. The summed E-state index contributed by atoms with van der Waals surface area (Å²) in [6.45, 7) is 11.8. The van der Waals surface area contributed by atoms with E-state index in [-0.39, 0.29) is 0 Å². The van der Waals surface area contributed by atoms with Crippen LogP contribution < -0.4 is 5.73 Å². The quantitative estimate of drug-likeness (QED) is 0.770. The van der Waals surface area contributed by atoms with E-state index in [1.807, 2.05) is 0 Å². The van der Waals surface area contributed by atoms with Crippen LogP contribution in [0.4, 0.5) is 0 Å². The topological polar surface area (TPSA) is 38.5 Å². The van der Waals surface area contributed by atoms with Crippen molar-refractivity contribution in [3.63, 3.8) is 0 Å². The molecule has 1 fully saturated rings. The van der Waals surface area contributed by atoms with E-state index >= 15 is 0 Å². The number of rotatable bonds is 4. The Morgan fingerprint density at radius 3 is 2.33 bits per heavy atom. The number of ether oxygens (including phenoxy) is 1. The summed E-state index contributed by atoms with van der Waals surface area (Å²) in [7, 11) is 0. The van der Waals surface area contributed by atoms with Gasteiger partial charge in [0.15, 0.2) is 0 Å². The van der Waals surface area contributed by atoms with Crippen LogP contribution >= 0.6 is 0 Å². The van der Waals surface area contributed by atoms with Gasteiger partial charge >= 0.3 is 0 Å². The van der Waals surface area contributed by atoms with Gasteiger partial charge in [-0.25, -0.2) is 0 Å². The lowest BCUT2D eigenvalue weighted by Gasteiger charge is -2.37. The first-order chi connectivity index (χ1) is 7.02. The summed E-state index contributed by atoms with van der Waals surface area (Å²) in [5.74, 6) is 0.610. The Kier molecular flexibility index (Phi) is 5.03. The van der Waals surface area contributed by atoms with E-state index in [1.54, 1.807) is 0 Å². The Balaban J connectivity index is 2.37. The lowest BCUT2D eigenvalue weighted by atomic mass is 9.99. The second kappa shape index (κ2) is 5.83. The van der Waals surface area contributed by atoms with Crippen molar-refractivity contribution in [2.75, 3.05) is 19.6 Å². The van der Waals surface area contributed by atoms with Crippen LogP contribution in [0.1, 0.15) is 34.1 Å². The van der Waals surface area contributed by atoms with Crippen molar-refractivity contribution in [1.29, 1.82) is 0 Å². The molecular formula is C12H26N2O. The van der Waals surface area contributed by atoms with Gasteiger partial charge in [0.05, 0.1) is 12.2 Å². The smallest absolute Gasteiger partial charge is 0.0678 e. The van der Waals surface area contributed by atoms with Gasteiger partial charge in [-0.2, -0.15) is 0 Å². The summed E-state index contributed by atoms with van der Waals surface area (Å²) >= 11 is 0. The van der Waals surface area contributed by atoms with E-state index < -0.39 is 0 Å². The second-order valence-corrected chi connectivity index (χ2v) is 5.03. The molecular weight excluding hydrogens is 188 g/mol. The summed E-state index contributed by atoms with van der Waals surface area (Å²) in [4.78, 5) is 2.44. The summed E-state index contributed by atoms with van der Waals surface area (Å²) in [6, 6.07) is 0.299. The van der Waals surface area contributed by atoms with Crippen molar-refractivity contribution in [2.24, 2.45) is 11.7 Å². The molecule has 0 aromatic carbocycles. The van der Waals surface area contributed by atoms with Crippen LogP contribution in [0.15, 0.2) is 0 Å². The highest BCUT2D eigenvalue weighted by atomic mass is 16.5. The van der Waals surface area contributed by atoms with Crippen LogP contribution in [0, 0.1) is 5.92 Å². The van der Waals surface area contributed by atoms with Crippen molar-refractivity contribution in [1.82, 2.24) is 4.90 Å². The molecule has 0 saturated carbocycles. The molecule has 90 valence electrons. The SMILES string of the molecule is CCC(C)C(N)CN1CC(C)OC(C)C1. The minimum atomic E-state index is 0.299. The molecule has 15 heavy (non-hydrogen) atoms. The number of nitrogens with two attached hydrogens (primary N) is 1. The van der Waals surface area contributed by atoms with Crippen LogP contribution in [0.2, 0.25) is 0 Å². The zero-order valence-electron chi connectivity index (χ0n) is 10.6. The lowest BCUT2D eigenvalue weighted by Crippen LogP contribution is -2.50. The zero-order chi connectivity index (χ0) is 11.4. The fraction of sp³-hybridized carbons (Fsp3) is 1.00. The molecule has 0 spiro atoms. The van der Waals surface area contributed by atoms with Crippen molar-refractivity contribution >= 4 is 0 Å². The van der Waals surface area contributed by atoms with Crippen molar-refractivity contribution in [3.05, 3.63) is 0 Å². The molecule has 0 bridgehead atoms. The van der Waals surface area contributed by atoms with Gasteiger partial charge < -0.3 is 10.5 Å². The highest BCUT2D eigenvalue weighted by Gasteiger charge is 2.24. The molecule has 4 unspecified atom stereocenters. The maximum absolute atomic E-state index is 6.17. The Bertz CT molecular complexity index is 176. The maximum Gasteiger partial charge on any atom is 0.0678 e. The number of nitrogens with zero attached hydrogens (tertiary/aromatic N) is 1. The molecule has 1 rings (SSSR count). The van der Waals surface area contributed by atoms with Gasteiger partial charge in [0, 0.05) is 25.7 Å². The third-order valence-electron chi connectivity index (χ3n) is 3.34. The van der Waals surface area contributed by atoms with Gasteiger partial charge in [0.2, 0.25) is 0 Å². The monoisotopic (exact) mass is 214 g/mol. The highest BCUT2D eigenvalue weighted by molar-refractivity contribution is 4.78. The first-order valence-corrected chi connectivity index (χ1v) is 6.16. The number of hydrogen-bond donors (Lipinski definition) is 1. The van der Waals surface area contributed by atoms with Gasteiger partial charge in [-0.05, 0) is 19.8 Å². The van der Waals surface area contributed by atoms with Crippen molar-refractivity contribution < 1.29 is 4.74 Å². The molecule has 0 aromatic rings. The fourth-order valence-electron chi connectivity index (χ4n) is 2.21. The van der Waals surface area contributed by atoms with Gasteiger partial charge in [0.1, 0.15) is 0 Å². The van der Waals surface area contributed by atoms with Crippen LogP contribution in [-0.4, -0.2) is 42.8 Å². The molecule has 0 radical (unpaired) electrons. The van der Waals surface area contributed by atoms with Gasteiger partial charge in [-0.1, -0.05) is 20.3 Å². The second-order valence-electron chi connectivity index (χ2n) is 5.03. The number of hydrogen-bond acceptors (Lipinski definition) is 3. The molecule has 2 N–H and O–H groups in total. The average Bonchev–Trinajstić information content (AvgIpc) is 2.14. The minimum absolute atomic E-state index is 0.299. The molecule has 1 saturated heterocycles. The third-order valence-corrected chi connectivity index (χ3v) is 3.34. The van der Waals surface area contributed by atoms with E-state index in [4.69, 9.17) is 10.5 Å². The first kappa shape index (κ1) is 12.9. The van der Waals surface area contributed by atoms with Crippen molar-refractivity contribution in [3.8, 4) is 0 Å². The van der Waals surface area contributed by atoms with Gasteiger partial charge in [-0.3, -0.25) is 4.90 Å². The summed E-state index contributed by atoms with van der Waals surface area (Å²) in [6.07, 6.45) is 1.85. The van der Waals surface area contributed by atoms with Crippen LogP contribution in [-0.2, 0) is 4.74 Å². The average molecular weight is 214 g/mol. The van der Waals surface area contributed by atoms with E-state index in [2.05, 4.69) is 32.6 Å². The largest absolute Gasteiger partial charge is 0.373 e. The Labute approximate surface area is 94.0 Å². The summed E-state index contributed by atoms with van der Waals surface area (Å²) in [5.41, 5.74) is 6.17. The summed E-state index contributed by atoms with van der Waals surface area (Å²) < 4.78 is 5.70. The van der Waals surface area contributed by atoms with Crippen LogP contribution in [0.5, 0.6) is 0 Å². The van der Waals surface area contributed by atoms with Crippen molar-refractivity contribution in [2.45, 2.75) is 52.4 Å². The Hall–Kier alpha value is -0.120. The van der Waals surface area contributed by atoms with Crippen LogP contribution in [0.25, 0.3) is 0 Å². The zero-order valence-corrected chi connectivity index (χ0v) is 10.6. The molecule has 1 heterocycles. The summed E-state index contributed by atoms with van der Waals surface area (Å²) in [5, 5.41) is 0. The molecule has 4 atom stereocenters. The lowest BCUT2D eigenvalue weighted by molar-refractivity contribution is -0.0701. The standard InChI is InChI=1S/C12H26N2O/c1-5-9(2)12(13)8-14-6-10(3)15-11(4)7-14/h9-12H,5-8,13H2,1-4H3. The van der Waals surface area contributed by atoms with E-state index in [0.717, 1.165) is 26.1 Å². The number of morpholine rings is 1. The highest BCUT2D eigenvalue weighted by Crippen LogP contribution is 2.13. The van der Waals surface area contributed by atoms with E-state index in [0.29, 0.717) is 24.2 Å². The molecule has 0 aromatic heterocycles. The Morgan fingerprint density at radius 1 is 1.33 bits per heavy atom. The van der Waals surface area contributed by atoms with Gasteiger partial charge in [-0.15, -0.1) is 0 Å². The Morgan fingerprint density at radius 2 is 1.87 bits per heavy atom. The van der Waals surface area contributed by atoms with Crippen LogP contribution in [0.3, 0.4) is 0 Å². The third kappa shape index (κ3) is 4.09. The predicted octanol–water partition coefficient (Wildman–Crippen LogP) is 1.47. The molecule has 0 amide bonds. The molecule has 3 nitrogen and oxygen atoms in total. The predicted molar refractivity (Wildman–Crippen MR) is 63.9 cm³/mol. The molecule has 1 aliphatic heterocycles. The maximum atomic E-state index is 6.17. The van der Waals surface area contributed by atoms with E-state index in [1.165, 1.54) is 0 Å². The molecule has 0 aliphatic carbocycles. The van der Waals surface area contributed by atoms with Gasteiger partial charge in [0.25, 0.3) is 0 Å². The molecule has 1 aliphatic rings. The minimum Gasteiger partial charge on any atom is -0.373 e. The van der Waals surface area contributed by atoms with E-state index in [9.17, 15) is 0 Å².